The number of aryl methyl sites for hydroxylation is 2. The van der Waals surface area contributed by atoms with Gasteiger partial charge in [0.25, 0.3) is 5.56 Å². The molecule has 2 aromatic carbocycles. The van der Waals surface area contributed by atoms with Gasteiger partial charge < -0.3 is 0 Å². The Morgan fingerprint density at radius 1 is 1.09 bits per heavy atom. The van der Waals surface area contributed by atoms with Crippen LogP contribution < -0.4 is 5.56 Å². The smallest absolute Gasteiger partial charge is 0.293 e. The van der Waals surface area contributed by atoms with Gasteiger partial charge in [-0.1, -0.05) is 42.1 Å². The number of carbonyl (C=O) groups is 1. The second-order valence-corrected chi connectivity index (χ2v) is 8.77. The molecule has 32 heavy (non-hydrogen) atoms. The van der Waals surface area contributed by atoms with E-state index in [9.17, 15) is 9.59 Å². The number of hydrogen-bond donors (Lipinski definition) is 0. The van der Waals surface area contributed by atoms with Crippen molar-refractivity contribution in [2.45, 2.75) is 31.3 Å². The summed E-state index contributed by atoms with van der Waals surface area (Å²) in [4.78, 5) is 26.1. The molecule has 162 valence electrons. The van der Waals surface area contributed by atoms with E-state index in [0.29, 0.717) is 16.4 Å². The van der Waals surface area contributed by atoms with Gasteiger partial charge in [0.2, 0.25) is 5.16 Å². The van der Waals surface area contributed by atoms with Crippen molar-refractivity contribution in [2.24, 2.45) is 7.05 Å². The van der Waals surface area contributed by atoms with Gasteiger partial charge >= 0.3 is 0 Å². The molecule has 4 aromatic rings. The van der Waals surface area contributed by atoms with E-state index in [-0.39, 0.29) is 17.1 Å². The van der Waals surface area contributed by atoms with Crippen LogP contribution in [0.2, 0.25) is 0 Å². The van der Waals surface area contributed by atoms with Crippen LogP contribution in [0.25, 0.3) is 11.4 Å². The number of fused-ring (bicyclic) bond motifs is 1. The van der Waals surface area contributed by atoms with Crippen molar-refractivity contribution in [2.75, 3.05) is 5.75 Å². The van der Waals surface area contributed by atoms with E-state index < -0.39 is 0 Å². The van der Waals surface area contributed by atoms with E-state index >= 15 is 0 Å². The van der Waals surface area contributed by atoms with Gasteiger partial charge in [0.15, 0.2) is 11.5 Å². The Labute approximate surface area is 188 Å². The van der Waals surface area contributed by atoms with Crippen LogP contribution in [-0.4, -0.2) is 41.1 Å². The first-order valence-electron chi connectivity index (χ1n) is 10.4. The number of hydrogen-bond acceptors (Lipinski definition) is 6. The first-order valence-corrected chi connectivity index (χ1v) is 11.4. The minimum atomic E-state index is -0.227. The predicted octanol–water partition coefficient (Wildman–Crippen LogP) is 2.92. The van der Waals surface area contributed by atoms with E-state index in [1.807, 2.05) is 56.4 Å². The first-order chi connectivity index (χ1) is 15.5. The zero-order chi connectivity index (χ0) is 22.2. The lowest BCUT2D eigenvalue weighted by Gasteiger charge is -2.07. The van der Waals surface area contributed by atoms with Crippen LogP contribution in [0.1, 0.15) is 33.6 Å². The Balaban J connectivity index is 1.42. The van der Waals surface area contributed by atoms with Crippen LogP contribution >= 0.6 is 11.8 Å². The van der Waals surface area contributed by atoms with Crippen molar-refractivity contribution in [3.8, 4) is 11.4 Å². The number of ketones is 1. The second-order valence-electron chi connectivity index (χ2n) is 7.83. The Morgan fingerprint density at radius 2 is 1.88 bits per heavy atom. The van der Waals surface area contributed by atoms with Crippen molar-refractivity contribution < 1.29 is 4.79 Å². The third-order valence-electron chi connectivity index (χ3n) is 5.93. The van der Waals surface area contributed by atoms with Crippen molar-refractivity contribution in [3.63, 3.8) is 0 Å². The zero-order valence-corrected chi connectivity index (χ0v) is 18.7. The molecule has 8 nitrogen and oxygen atoms in total. The molecule has 2 aromatic heterocycles. The zero-order valence-electron chi connectivity index (χ0n) is 17.9. The Kier molecular flexibility index (Phi) is 5.26. The third kappa shape index (κ3) is 3.48. The molecular formula is C23H22N6O2S. The second kappa shape index (κ2) is 8.23. The number of tetrazole rings is 1. The van der Waals surface area contributed by atoms with Gasteiger partial charge in [-0.2, -0.15) is 4.68 Å². The van der Waals surface area contributed by atoms with Gasteiger partial charge in [-0.3, -0.25) is 14.3 Å². The van der Waals surface area contributed by atoms with E-state index in [1.165, 1.54) is 27.6 Å². The number of aromatic nitrogens is 6. The summed E-state index contributed by atoms with van der Waals surface area (Å²) < 4.78 is 4.78. The third-order valence-corrected chi connectivity index (χ3v) is 6.85. The molecule has 0 N–H and O–H groups in total. The Morgan fingerprint density at radius 3 is 2.69 bits per heavy atom. The predicted molar refractivity (Wildman–Crippen MR) is 122 cm³/mol. The normalized spacial score (nSPS) is 12.8. The molecule has 1 aliphatic rings. The molecule has 9 heteroatoms. The van der Waals surface area contributed by atoms with Crippen LogP contribution in [-0.2, 0) is 19.9 Å². The number of nitrogens with zero attached hydrogens (tertiary/aromatic N) is 6. The van der Waals surface area contributed by atoms with Gasteiger partial charge in [-0.25, -0.2) is 4.68 Å². The summed E-state index contributed by atoms with van der Waals surface area (Å²) in [7, 11) is 1.82. The number of rotatable bonds is 6. The molecule has 0 radical (unpaired) electrons. The van der Waals surface area contributed by atoms with E-state index in [4.69, 9.17) is 0 Å². The molecule has 0 spiro atoms. The van der Waals surface area contributed by atoms with Gasteiger partial charge in [0.05, 0.1) is 17.1 Å². The number of carbonyl (C=O) groups excluding carboxylic acids is 1. The minimum Gasteiger partial charge on any atom is -0.293 e. The Hall–Kier alpha value is -3.46. The quantitative estimate of drug-likeness (QED) is 0.334. The van der Waals surface area contributed by atoms with E-state index in [1.54, 1.807) is 9.36 Å². The van der Waals surface area contributed by atoms with Gasteiger partial charge in [-0.15, -0.1) is 5.10 Å². The van der Waals surface area contributed by atoms with Crippen LogP contribution in [0, 0.1) is 6.92 Å². The summed E-state index contributed by atoms with van der Waals surface area (Å²) >= 11 is 1.23. The molecule has 0 bridgehead atoms. The van der Waals surface area contributed by atoms with Crippen molar-refractivity contribution >= 4 is 17.5 Å². The van der Waals surface area contributed by atoms with Gasteiger partial charge in [-0.05, 0) is 65.9 Å². The topological polar surface area (TPSA) is 87.6 Å². The number of Topliss-reactive ketones (excluding diaryl/α,β-unsaturated/α-hetero) is 1. The van der Waals surface area contributed by atoms with E-state index in [2.05, 4.69) is 21.6 Å². The molecular weight excluding hydrogens is 424 g/mol. The summed E-state index contributed by atoms with van der Waals surface area (Å²) in [5, 5.41) is 12.3. The Bertz CT molecular complexity index is 1370. The summed E-state index contributed by atoms with van der Waals surface area (Å²) in [5.41, 5.74) is 4.93. The maximum absolute atomic E-state index is 13.3. The lowest BCUT2D eigenvalue weighted by molar-refractivity contribution is 0.102. The fourth-order valence-corrected chi connectivity index (χ4v) is 4.94. The van der Waals surface area contributed by atoms with Crippen LogP contribution in [0.4, 0.5) is 0 Å². The van der Waals surface area contributed by atoms with Crippen LogP contribution in [0.5, 0.6) is 0 Å². The summed E-state index contributed by atoms with van der Waals surface area (Å²) in [6.45, 7) is 1.85. The van der Waals surface area contributed by atoms with Crippen LogP contribution in [0.15, 0.2) is 58.5 Å². The molecule has 0 aliphatic heterocycles. The molecule has 0 fully saturated rings. The maximum atomic E-state index is 13.3. The standard InChI is InChI=1S/C23H22N6O2S/c1-15-21(22(31)29(27(15)2)19-9-4-3-5-10-19)28-23(24-25-26-28)32-14-20(30)18-12-11-16-7-6-8-17(16)13-18/h3-5,9-13H,6-8,14H2,1-2H3. The average Bonchev–Trinajstić information content (AvgIpc) is 3.51. The summed E-state index contributed by atoms with van der Waals surface area (Å²) in [6, 6.07) is 15.4. The molecule has 2 heterocycles. The highest BCUT2D eigenvalue weighted by Gasteiger charge is 2.23. The molecule has 0 saturated carbocycles. The molecule has 0 atom stereocenters. The highest BCUT2D eigenvalue weighted by molar-refractivity contribution is 7.99. The number of benzene rings is 2. The highest BCUT2D eigenvalue weighted by atomic mass is 32.2. The maximum Gasteiger partial charge on any atom is 0.297 e. The summed E-state index contributed by atoms with van der Waals surface area (Å²) in [6.07, 6.45) is 3.26. The number of para-hydroxylation sites is 1. The lowest BCUT2D eigenvalue weighted by atomic mass is 10.0. The first kappa shape index (κ1) is 20.4. The van der Waals surface area contributed by atoms with Gasteiger partial charge in [0, 0.05) is 12.6 Å². The molecule has 1 aliphatic carbocycles. The van der Waals surface area contributed by atoms with Crippen LogP contribution in [0.3, 0.4) is 0 Å². The van der Waals surface area contributed by atoms with E-state index in [0.717, 1.165) is 30.6 Å². The molecule has 0 unspecified atom stereocenters. The van der Waals surface area contributed by atoms with Crippen molar-refractivity contribution in [1.29, 1.82) is 0 Å². The van der Waals surface area contributed by atoms with Gasteiger partial charge in [0.1, 0.15) is 0 Å². The van der Waals surface area contributed by atoms with Crippen molar-refractivity contribution in [1.82, 2.24) is 29.6 Å². The molecule has 0 amide bonds. The van der Waals surface area contributed by atoms with Crippen molar-refractivity contribution in [3.05, 3.63) is 81.3 Å². The monoisotopic (exact) mass is 446 g/mol. The highest BCUT2D eigenvalue weighted by Crippen LogP contribution is 2.25. The lowest BCUT2D eigenvalue weighted by Crippen LogP contribution is -2.22. The molecule has 0 saturated heterocycles. The summed E-state index contributed by atoms with van der Waals surface area (Å²) in [5.74, 6) is 0.212. The average molecular weight is 447 g/mol. The fraction of sp³-hybridized carbons (Fsp3) is 0.261. The largest absolute Gasteiger partial charge is 0.297 e. The fourth-order valence-electron chi connectivity index (χ4n) is 4.17. The SMILES string of the molecule is Cc1c(-n2nnnc2SCC(=O)c2ccc3c(c2)CCC3)c(=O)n(-c2ccccc2)n1C. The minimum absolute atomic E-state index is 0.0192. The number of thioether (sulfide) groups is 1. The molecule has 5 rings (SSSR count).